The van der Waals surface area contributed by atoms with Gasteiger partial charge in [0.2, 0.25) is 0 Å². The Labute approximate surface area is 183 Å². The molecule has 0 bridgehead atoms. The van der Waals surface area contributed by atoms with E-state index in [0.717, 1.165) is 11.5 Å². The van der Waals surface area contributed by atoms with Gasteiger partial charge in [-0.1, -0.05) is 12.1 Å². The number of esters is 1. The summed E-state index contributed by atoms with van der Waals surface area (Å²) >= 11 is 3.82. The Balaban J connectivity index is 1.23. The second-order valence-electron chi connectivity index (χ2n) is 6.92. The number of rotatable bonds is 5. The van der Waals surface area contributed by atoms with E-state index in [2.05, 4.69) is 0 Å². The van der Waals surface area contributed by atoms with Crippen LogP contribution in [0, 0.1) is 0 Å². The fourth-order valence-electron chi connectivity index (χ4n) is 3.34. The average molecular weight is 447 g/mol. The third kappa shape index (κ3) is 4.84. The molecule has 2 fully saturated rings. The molecule has 158 valence electrons. The number of piperazine rings is 1. The van der Waals surface area contributed by atoms with Crippen LogP contribution in [0.5, 0.6) is 0 Å². The van der Waals surface area contributed by atoms with Crippen molar-refractivity contribution in [2.75, 3.05) is 44.3 Å². The molecule has 0 spiro atoms. The first-order valence-corrected chi connectivity index (χ1v) is 11.8. The molecule has 2 aliphatic heterocycles. The van der Waals surface area contributed by atoms with Crippen molar-refractivity contribution in [3.63, 3.8) is 0 Å². The summed E-state index contributed by atoms with van der Waals surface area (Å²) in [6.07, 6.45) is 1.46. The Kier molecular flexibility index (Phi) is 6.69. The number of hydrogen-bond acceptors (Lipinski definition) is 7. The fraction of sp³-hybridized carbons (Fsp3) is 0.381. The van der Waals surface area contributed by atoms with Crippen molar-refractivity contribution >= 4 is 41.3 Å². The van der Waals surface area contributed by atoms with E-state index in [1.165, 1.54) is 11.8 Å². The van der Waals surface area contributed by atoms with Crippen LogP contribution >= 0.6 is 23.5 Å². The van der Waals surface area contributed by atoms with E-state index in [4.69, 9.17) is 9.15 Å². The Morgan fingerprint density at radius 1 is 0.967 bits per heavy atom. The smallest absolute Gasteiger partial charge is 0.338 e. The number of nitrogens with zero attached hydrogens (tertiary/aromatic N) is 2. The first-order chi connectivity index (χ1) is 14.6. The molecule has 4 rings (SSSR count). The van der Waals surface area contributed by atoms with Gasteiger partial charge in [-0.2, -0.15) is 0 Å². The molecule has 30 heavy (non-hydrogen) atoms. The van der Waals surface area contributed by atoms with E-state index in [9.17, 15) is 14.4 Å². The highest BCUT2D eigenvalue weighted by Crippen LogP contribution is 2.45. The van der Waals surface area contributed by atoms with E-state index in [0.29, 0.717) is 42.1 Å². The van der Waals surface area contributed by atoms with Crippen molar-refractivity contribution in [1.82, 2.24) is 9.80 Å². The van der Waals surface area contributed by atoms with Gasteiger partial charge in [-0.3, -0.25) is 9.59 Å². The van der Waals surface area contributed by atoms with Crippen LogP contribution in [0.3, 0.4) is 0 Å². The fourth-order valence-corrected chi connectivity index (χ4v) is 6.20. The lowest BCUT2D eigenvalue weighted by atomic mass is 10.1. The SMILES string of the molecule is O=C(OCC(=O)N1CCN(C(=O)c2ccco2)CC1)c1ccc(C2SCCS2)cc1. The largest absolute Gasteiger partial charge is 0.459 e. The van der Waals surface area contributed by atoms with E-state index < -0.39 is 5.97 Å². The zero-order chi connectivity index (χ0) is 20.9. The number of carbonyl (C=O) groups is 3. The minimum Gasteiger partial charge on any atom is -0.459 e. The summed E-state index contributed by atoms with van der Waals surface area (Å²) in [5.74, 6) is 1.63. The maximum Gasteiger partial charge on any atom is 0.338 e. The highest BCUT2D eigenvalue weighted by Gasteiger charge is 2.26. The Morgan fingerprint density at radius 2 is 1.63 bits per heavy atom. The van der Waals surface area contributed by atoms with Crippen molar-refractivity contribution in [1.29, 1.82) is 0 Å². The second kappa shape index (κ2) is 9.61. The summed E-state index contributed by atoms with van der Waals surface area (Å²) in [5.41, 5.74) is 1.63. The summed E-state index contributed by atoms with van der Waals surface area (Å²) in [5, 5.41) is 0. The molecule has 0 radical (unpaired) electrons. The highest BCUT2D eigenvalue weighted by molar-refractivity contribution is 8.19. The van der Waals surface area contributed by atoms with Crippen molar-refractivity contribution in [2.24, 2.45) is 0 Å². The number of thioether (sulfide) groups is 2. The van der Waals surface area contributed by atoms with Gasteiger partial charge in [-0.25, -0.2) is 4.79 Å². The number of furan rings is 1. The van der Waals surface area contributed by atoms with Crippen LogP contribution in [0.2, 0.25) is 0 Å². The Hall–Kier alpha value is -2.39. The topological polar surface area (TPSA) is 80.1 Å². The molecule has 1 aromatic carbocycles. The van der Waals surface area contributed by atoms with Crippen molar-refractivity contribution in [2.45, 2.75) is 4.58 Å². The average Bonchev–Trinajstić information content (AvgIpc) is 3.51. The maximum atomic E-state index is 12.4. The van der Waals surface area contributed by atoms with Crippen LogP contribution in [-0.2, 0) is 9.53 Å². The molecule has 0 aliphatic carbocycles. The number of hydrogen-bond donors (Lipinski definition) is 0. The molecule has 3 heterocycles. The zero-order valence-corrected chi connectivity index (χ0v) is 18.0. The van der Waals surface area contributed by atoms with Gasteiger partial charge in [-0.05, 0) is 29.8 Å². The molecule has 0 N–H and O–H groups in total. The van der Waals surface area contributed by atoms with Gasteiger partial charge in [0, 0.05) is 37.7 Å². The summed E-state index contributed by atoms with van der Waals surface area (Å²) in [7, 11) is 0. The molecule has 2 aliphatic rings. The standard InChI is InChI=1S/C21H22N2O5S2/c24-18(22-7-9-23(10-8-22)19(25)17-2-1-11-27-17)14-28-20(26)15-3-5-16(6-4-15)21-29-12-13-30-21/h1-6,11,21H,7-10,12-14H2. The molecule has 0 atom stereocenters. The molecule has 9 heteroatoms. The van der Waals surface area contributed by atoms with Gasteiger partial charge >= 0.3 is 5.97 Å². The molecule has 0 unspecified atom stereocenters. The Bertz CT molecular complexity index is 887. The van der Waals surface area contributed by atoms with E-state index in [1.54, 1.807) is 34.1 Å². The van der Waals surface area contributed by atoms with Crippen molar-refractivity contribution in [3.05, 3.63) is 59.5 Å². The number of amides is 2. The lowest BCUT2D eigenvalue weighted by Crippen LogP contribution is -2.51. The molecular formula is C21H22N2O5S2. The molecule has 2 aromatic rings. The predicted molar refractivity (Wildman–Crippen MR) is 116 cm³/mol. The van der Waals surface area contributed by atoms with Crippen LogP contribution in [0.4, 0.5) is 0 Å². The van der Waals surface area contributed by atoms with Gasteiger partial charge in [0.25, 0.3) is 11.8 Å². The second-order valence-corrected chi connectivity index (χ2v) is 9.65. The lowest BCUT2D eigenvalue weighted by molar-refractivity contribution is -0.136. The molecule has 1 aromatic heterocycles. The van der Waals surface area contributed by atoms with Gasteiger partial charge in [0.1, 0.15) is 0 Å². The van der Waals surface area contributed by atoms with Gasteiger partial charge in [0.05, 0.1) is 16.4 Å². The first-order valence-electron chi connectivity index (χ1n) is 9.72. The van der Waals surface area contributed by atoms with Crippen LogP contribution in [-0.4, -0.2) is 71.9 Å². The minimum absolute atomic E-state index is 0.184. The molecule has 7 nitrogen and oxygen atoms in total. The van der Waals surface area contributed by atoms with Gasteiger partial charge in [-0.15, -0.1) is 23.5 Å². The summed E-state index contributed by atoms with van der Waals surface area (Å²) in [6.45, 7) is 1.32. The van der Waals surface area contributed by atoms with Crippen LogP contribution < -0.4 is 0 Å². The summed E-state index contributed by atoms with van der Waals surface area (Å²) < 4.78 is 10.8. The van der Waals surface area contributed by atoms with Crippen LogP contribution in [0.25, 0.3) is 0 Å². The van der Waals surface area contributed by atoms with Crippen LogP contribution in [0.15, 0.2) is 47.1 Å². The zero-order valence-electron chi connectivity index (χ0n) is 16.3. The summed E-state index contributed by atoms with van der Waals surface area (Å²) in [4.78, 5) is 40.2. The van der Waals surface area contributed by atoms with E-state index in [-0.39, 0.29) is 18.4 Å². The number of carbonyl (C=O) groups excluding carboxylic acids is 3. The van der Waals surface area contributed by atoms with Crippen LogP contribution in [0.1, 0.15) is 31.1 Å². The van der Waals surface area contributed by atoms with Gasteiger partial charge < -0.3 is 19.0 Å². The highest BCUT2D eigenvalue weighted by atomic mass is 32.2. The molecule has 2 saturated heterocycles. The lowest BCUT2D eigenvalue weighted by Gasteiger charge is -2.34. The summed E-state index contributed by atoms with van der Waals surface area (Å²) in [6, 6.07) is 10.7. The Morgan fingerprint density at radius 3 is 2.27 bits per heavy atom. The van der Waals surface area contributed by atoms with Crippen molar-refractivity contribution < 1.29 is 23.5 Å². The quantitative estimate of drug-likeness (QED) is 0.654. The van der Waals surface area contributed by atoms with Crippen molar-refractivity contribution in [3.8, 4) is 0 Å². The molecule has 2 amide bonds. The number of benzene rings is 1. The minimum atomic E-state index is -0.506. The normalized spacial score (nSPS) is 17.2. The third-order valence-corrected chi connectivity index (χ3v) is 8.12. The van der Waals surface area contributed by atoms with E-state index >= 15 is 0 Å². The third-order valence-electron chi connectivity index (χ3n) is 5.02. The monoisotopic (exact) mass is 446 g/mol. The maximum absolute atomic E-state index is 12.4. The first kappa shape index (κ1) is 20.9. The number of ether oxygens (including phenoxy) is 1. The molecular weight excluding hydrogens is 424 g/mol. The van der Waals surface area contributed by atoms with E-state index in [1.807, 2.05) is 35.7 Å². The molecule has 0 saturated carbocycles. The van der Waals surface area contributed by atoms with Gasteiger partial charge in [0.15, 0.2) is 12.4 Å². The predicted octanol–water partition coefficient (Wildman–Crippen LogP) is 2.90.